The predicted molar refractivity (Wildman–Crippen MR) is 79.3 cm³/mol. The Hall–Kier alpha value is -1.51. The highest BCUT2D eigenvalue weighted by Crippen LogP contribution is 2.61. The topological polar surface area (TPSA) is 57.5 Å². The maximum absolute atomic E-state index is 11.0. The fourth-order valence-electron chi connectivity index (χ4n) is 5.73. The van der Waals surface area contributed by atoms with Crippen LogP contribution in [0.3, 0.4) is 0 Å². The Bertz CT molecular complexity index is 555. The summed E-state index contributed by atoms with van der Waals surface area (Å²) >= 11 is 0. The molecule has 0 aliphatic heterocycles. The molecule has 4 saturated carbocycles. The van der Waals surface area contributed by atoms with Crippen LogP contribution in [0, 0.1) is 17.8 Å². The summed E-state index contributed by atoms with van der Waals surface area (Å²) in [5.74, 6) is 2.01. The van der Waals surface area contributed by atoms with E-state index >= 15 is 0 Å². The van der Waals surface area contributed by atoms with Crippen molar-refractivity contribution in [3.8, 4) is 5.75 Å². The number of carboxylic acid groups (broad SMARTS) is 1. The van der Waals surface area contributed by atoms with E-state index in [1.807, 2.05) is 6.07 Å². The second-order valence-corrected chi connectivity index (χ2v) is 7.62. The van der Waals surface area contributed by atoms with Crippen LogP contribution in [0.2, 0.25) is 0 Å². The van der Waals surface area contributed by atoms with Crippen molar-refractivity contribution in [3.63, 3.8) is 0 Å². The highest BCUT2D eigenvalue weighted by molar-refractivity contribution is 5.70. The first-order valence-corrected chi connectivity index (χ1v) is 8.08. The van der Waals surface area contributed by atoms with Crippen molar-refractivity contribution in [3.05, 3.63) is 29.3 Å². The number of hydrogen-bond donors (Lipinski definition) is 2. The largest absolute Gasteiger partial charge is 0.508 e. The van der Waals surface area contributed by atoms with Gasteiger partial charge in [-0.1, -0.05) is 12.1 Å². The van der Waals surface area contributed by atoms with Crippen molar-refractivity contribution < 1.29 is 15.0 Å². The minimum Gasteiger partial charge on any atom is -0.508 e. The van der Waals surface area contributed by atoms with Gasteiger partial charge in [0.15, 0.2) is 0 Å². The molecule has 3 nitrogen and oxygen atoms in total. The summed E-state index contributed by atoms with van der Waals surface area (Å²) in [7, 11) is 0. The third kappa shape index (κ3) is 2.14. The molecule has 0 aromatic heterocycles. The lowest BCUT2D eigenvalue weighted by atomic mass is 9.48. The zero-order valence-corrected chi connectivity index (χ0v) is 12.2. The summed E-state index contributed by atoms with van der Waals surface area (Å²) in [4.78, 5) is 11.0. The molecule has 3 heteroatoms. The molecule has 4 bridgehead atoms. The van der Waals surface area contributed by atoms with Crippen LogP contribution in [0.4, 0.5) is 0 Å². The van der Waals surface area contributed by atoms with E-state index in [9.17, 15) is 9.90 Å². The lowest BCUT2D eigenvalue weighted by Crippen LogP contribution is -2.48. The molecule has 0 spiro atoms. The predicted octanol–water partition coefficient (Wildman–Crippen LogP) is 3.49. The van der Waals surface area contributed by atoms with Crippen molar-refractivity contribution >= 4 is 5.97 Å². The number of aromatic hydroxyl groups is 1. The summed E-state index contributed by atoms with van der Waals surface area (Å²) < 4.78 is 0. The smallest absolute Gasteiger partial charge is 0.307 e. The molecule has 0 unspecified atom stereocenters. The Morgan fingerprint density at radius 2 is 1.67 bits per heavy atom. The third-order valence-electron chi connectivity index (χ3n) is 6.03. The molecule has 4 aliphatic rings. The normalized spacial score (nSPS) is 36.9. The van der Waals surface area contributed by atoms with Crippen molar-refractivity contribution in [2.45, 2.75) is 50.4 Å². The molecule has 2 N–H and O–H groups in total. The number of carboxylic acids is 1. The molecule has 4 aliphatic carbocycles. The first kappa shape index (κ1) is 13.2. The molecule has 5 rings (SSSR count). The van der Waals surface area contributed by atoms with E-state index in [4.69, 9.17) is 5.11 Å². The zero-order chi connectivity index (χ0) is 14.6. The first-order chi connectivity index (χ1) is 10.0. The number of phenols is 1. The second kappa shape index (κ2) is 4.49. The summed E-state index contributed by atoms with van der Waals surface area (Å²) in [6.45, 7) is 0. The lowest BCUT2D eigenvalue weighted by Gasteiger charge is -2.57. The van der Waals surface area contributed by atoms with E-state index in [1.165, 1.54) is 38.5 Å². The van der Waals surface area contributed by atoms with Crippen LogP contribution >= 0.6 is 0 Å². The van der Waals surface area contributed by atoms with Gasteiger partial charge in [0.05, 0.1) is 6.42 Å². The van der Waals surface area contributed by atoms with Crippen LogP contribution in [0.25, 0.3) is 0 Å². The van der Waals surface area contributed by atoms with E-state index in [1.54, 1.807) is 12.1 Å². The van der Waals surface area contributed by atoms with Gasteiger partial charge in [-0.2, -0.15) is 0 Å². The molecule has 0 saturated heterocycles. The summed E-state index contributed by atoms with van der Waals surface area (Å²) in [5, 5.41) is 19.4. The Labute approximate surface area is 125 Å². The van der Waals surface area contributed by atoms with Crippen LogP contribution in [0.5, 0.6) is 5.75 Å². The molecule has 21 heavy (non-hydrogen) atoms. The van der Waals surface area contributed by atoms with Crippen molar-refractivity contribution in [1.29, 1.82) is 0 Å². The molecular formula is C18H22O3. The van der Waals surface area contributed by atoms with Gasteiger partial charge in [-0.05, 0) is 73.3 Å². The quantitative estimate of drug-likeness (QED) is 0.894. The van der Waals surface area contributed by atoms with Gasteiger partial charge in [-0.15, -0.1) is 0 Å². The number of phenolic OH excluding ortho intramolecular Hbond substituents is 1. The lowest BCUT2D eigenvalue weighted by molar-refractivity contribution is -0.136. The number of hydrogen-bond acceptors (Lipinski definition) is 2. The number of rotatable bonds is 3. The van der Waals surface area contributed by atoms with Crippen LogP contribution in [-0.4, -0.2) is 16.2 Å². The molecule has 0 heterocycles. The van der Waals surface area contributed by atoms with Crippen molar-refractivity contribution in [2.75, 3.05) is 0 Å². The minimum atomic E-state index is -0.808. The molecule has 4 fully saturated rings. The van der Waals surface area contributed by atoms with Crippen LogP contribution in [0.15, 0.2) is 18.2 Å². The van der Waals surface area contributed by atoms with Gasteiger partial charge in [-0.3, -0.25) is 4.79 Å². The highest BCUT2D eigenvalue weighted by atomic mass is 16.4. The fourth-order valence-corrected chi connectivity index (χ4v) is 5.73. The minimum absolute atomic E-state index is 0.0413. The van der Waals surface area contributed by atoms with Gasteiger partial charge in [-0.25, -0.2) is 0 Å². The van der Waals surface area contributed by atoms with Gasteiger partial charge >= 0.3 is 5.97 Å². The Kier molecular flexibility index (Phi) is 2.82. The third-order valence-corrected chi connectivity index (χ3v) is 6.03. The number of benzene rings is 1. The summed E-state index contributed by atoms with van der Waals surface area (Å²) in [6, 6.07) is 5.41. The number of aliphatic carboxylic acids is 1. The van der Waals surface area contributed by atoms with E-state index in [0.29, 0.717) is 5.75 Å². The highest BCUT2D eigenvalue weighted by Gasteiger charge is 2.52. The van der Waals surface area contributed by atoms with Gasteiger partial charge in [0, 0.05) is 5.56 Å². The second-order valence-electron chi connectivity index (χ2n) is 7.62. The van der Waals surface area contributed by atoms with Crippen LogP contribution in [0.1, 0.15) is 49.7 Å². The van der Waals surface area contributed by atoms with Gasteiger partial charge < -0.3 is 10.2 Å². The molecule has 1 aromatic carbocycles. The van der Waals surface area contributed by atoms with E-state index in [-0.39, 0.29) is 11.8 Å². The van der Waals surface area contributed by atoms with Gasteiger partial charge in [0.1, 0.15) is 5.75 Å². The summed E-state index contributed by atoms with van der Waals surface area (Å²) in [6.07, 6.45) is 7.70. The van der Waals surface area contributed by atoms with E-state index < -0.39 is 5.97 Å². The monoisotopic (exact) mass is 286 g/mol. The van der Waals surface area contributed by atoms with Crippen LogP contribution in [-0.2, 0) is 16.6 Å². The average Bonchev–Trinajstić information content (AvgIpc) is 2.38. The Balaban J connectivity index is 1.73. The SMILES string of the molecule is O=C(O)Cc1ccc(O)c(C23CC4CC(CC(C4)C2)C3)c1. The van der Waals surface area contributed by atoms with Crippen molar-refractivity contribution in [1.82, 2.24) is 0 Å². The zero-order valence-electron chi connectivity index (χ0n) is 12.2. The first-order valence-electron chi connectivity index (χ1n) is 8.08. The molecule has 0 amide bonds. The van der Waals surface area contributed by atoms with Crippen LogP contribution < -0.4 is 0 Å². The average molecular weight is 286 g/mol. The Morgan fingerprint density at radius 1 is 1.10 bits per heavy atom. The number of carbonyl (C=O) groups is 1. The van der Waals surface area contributed by atoms with E-state index in [0.717, 1.165) is 28.9 Å². The van der Waals surface area contributed by atoms with E-state index in [2.05, 4.69) is 0 Å². The molecule has 0 radical (unpaired) electrons. The maximum atomic E-state index is 11.0. The van der Waals surface area contributed by atoms with Gasteiger partial charge in [0.2, 0.25) is 0 Å². The molecule has 112 valence electrons. The van der Waals surface area contributed by atoms with Crippen molar-refractivity contribution in [2.24, 2.45) is 17.8 Å². The standard InChI is InChI=1S/C18H22O3/c19-16-2-1-11(7-17(20)21)6-15(16)18-8-12-3-13(9-18)5-14(4-12)10-18/h1-2,6,12-14,19H,3-5,7-10H2,(H,20,21). The van der Waals surface area contributed by atoms with Gasteiger partial charge in [0.25, 0.3) is 0 Å². The summed E-state index contributed by atoms with van der Waals surface area (Å²) in [5.41, 5.74) is 1.96. The molecule has 1 aromatic rings. The molecule has 0 atom stereocenters. The Morgan fingerprint density at radius 3 is 2.19 bits per heavy atom. The molecular weight excluding hydrogens is 264 g/mol. The fraction of sp³-hybridized carbons (Fsp3) is 0.611. The maximum Gasteiger partial charge on any atom is 0.307 e.